The first-order chi connectivity index (χ1) is 17.3. The highest BCUT2D eigenvalue weighted by Crippen LogP contribution is 2.32. The molecule has 3 aromatic rings. The number of rotatable bonds is 8. The number of aryl methyl sites for hydroxylation is 2. The second-order valence-corrected chi connectivity index (χ2v) is 10.0. The van der Waals surface area contributed by atoms with Crippen molar-refractivity contribution in [1.82, 2.24) is 25.3 Å². The molecule has 0 saturated heterocycles. The number of aromatic nitrogens is 4. The van der Waals surface area contributed by atoms with Crippen molar-refractivity contribution in [3.05, 3.63) is 53.6 Å². The quantitative estimate of drug-likeness (QED) is 0.378. The fourth-order valence-corrected chi connectivity index (χ4v) is 5.07. The van der Waals surface area contributed by atoms with E-state index >= 15 is 0 Å². The number of nitrogens with zero attached hydrogens (tertiary/aromatic N) is 3. The van der Waals surface area contributed by atoms with Gasteiger partial charge in [0.15, 0.2) is 0 Å². The van der Waals surface area contributed by atoms with Crippen LogP contribution in [0.25, 0.3) is 11.1 Å². The smallest absolute Gasteiger partial charge is 0.270 e. The zero-order chi connectivity index (χ0) is 25.8. The molecule has 36 heavy (non-hydrogen) atoms. The second-order valence-electron chi connectivity index (χ2n) is 10.0. The van der Waals surface area contributed by atoms with E-state index in [0.29, 0.717) is 17.3 Å². The molecular weight excluding hydrogens is 456 g/mol. The third-order valence-electron chi connectivity index (χ3n) is 7.25. The first-order valence-electron chi connectivity index (χ1n) is 12.7. The first kappa shape index (κ1) is 25.6. The van der Waals surface area contributed by atoms with Gasteiger partial charge < -0.3 is 15.7 Å². The Morgan fingerprint density at radius 3 is 2.44 bits per heavy atom. The number of H-pyrrole nitrogens is 1. The van der Waals surface area contributed by atoms with Gasteiger partial charge in [-0.2, -0.15) is 10.2 Å². The number of aliphatic hydroxyl groups is 1. The molecule has 0 spiro atoms. The fraction of sp³-hybridized carbons (Fsp3) is 0.481. The van der Waals surface area contributed by atoms with Crippen LogP contribution in [0.15, 0.2) is 36.5 Å². The molecule has 0 radical (unpaired) electrons. The lowest BCUT2D eigenvalue weighted by molar-refractivity contribution is -0.119. The number of hydrogen-bond donors (Lipinski definition) is 4. The molecule has 1 saturated carbocycles. The van der Waals surface area contributed by atoms with Crippen LogP contribution in [0.3, 0.4) is 0 Å². The van der Waals surface area contributed by atoms with Gasteiger partial charge in [0.25, 0.3) is 5.91 Å². The Morgan fingerprint density at radius 1 is 1.14 bits per heavy atom. The number of carbonyl (C=O) groups excluding carboxylic acids is 2. The Morgan fingerprint density at radius 2 is 1.83 bits per heavy atom. The molecule has 192 valence electrons. The summed E-state index contributed by atoms with van der Waals surface area (Å²) in [4.78, 5) is 26.7. The molecule has 0 bridgehead atoms. The van der Waals surface area contributed by atoms with Crippen LogP contribution in [0.1, 0.15) is 67.4 Å². The number of amides is 2. The van der Waals surface area contributed by atoms with Crippen molar-refractivity contribution >= 4 is 17.5 Å². The lowest BCUT2D eigenvalue weighted by Crippen LogP contribution is -2.49. The summed E-state index contributed by atoms with van der Waals surface area (Å²) in [5.74, 6) is 0.0718. The summed E-state index contributed by atoms with van der Waals surface area (Å²) >= 11 is 0. The van der Waals surface area contributed by atoms with E-state index in [2.05, 4.69) is 32.9 Å². The molecule has 2 atom stereocenters. The summed E-state index contributed by atoms with van der Waals surface area (Å²) in [7, 11) is 0. The van der Waals surface area contributed by atoms with Crippen molar-refractivity contribution in [2.24, 2.45) is 11.8 Å². The fourth-order valence-electron chi connectivity index (χ4n) is 5.07. The van der Waals surface area contributed by atoms with Crippen LogP contribution >= 0.6 is 0 Å². The SMILES string of the molecule is Cc1n[nH]c(C)c1-c1ccc(NC(=O)[C@@H](NC(=O)c2ccnn2C(C)CO)[C@H]2CC[C@H](C)CC2)cc1. The number of benzene rings is 1. The molecule has 1 aliphatic rings. The lowest BCUT2D eigenvalue weighted by atomic mass is 9.79. The summed E-state index contributed by atoms with van der Waals surface area (Å²) < 4.78 is 1.49. The molecule has 2 aromatic heterocycles. The van der Waals surface area contributed by atoms with E-state index in [-0.39, 0.29) is 30.4 Å². The van der Waals surface area contributed by atoms with Crippen molar-refractivity contribution < 1.29 is 14.7 Å². The maximum absolute atomic E-state index is 13.5. The van der Waals surface area contributed by atoms with Crippen molar-refractivity contribution in [1.29, 1.82) is 0 Å². The number of anilines is 1. The molecule has 1 fully saturated rings. The van der Waals surface area contributed by atoms with Crippen molar-refractivity contribution in [3.8, 4) is 11.1 Å². The van der Waals surface area contributed by atoms with Gasteiger partial charge in [0, 0.05) is 23.1 Å². The third-order valence-corrected chi connectivity index (χ3v) is 7.25. The van der Waals surface area contributed by atoms with Crippen molar-refractivity contribution in [2.45, 2.75) is 65.5 Å². The van der Waals surface area contributed by atoms with Gasteiger partial charge >= 0.3 is 0 Å². The summed E-state index contributed by atoms with van der Waals surface area (Å²) in [5, 5.41) is 27.0. The minimum atomic E-state index is -0.671. The van der Waals surface area contributed by atoms with Crippen LogP contribution in [-0.2, 0) is 4.79 Å². The van der Waals surface area contributed by atoms with Crippen LogP contribution in [0.2, 0.25) is 0 Å². The average molecular weight is 493 g/mol. The Hall–Kier alpha value is -3.46. The predicted molar refractivity (Wildman–Crippen MR) is 139 cm³/mol. The van der Waals surface area contributed by atoms with E-state index in [0.717, 1.165) is 48.2 Å². The van der Waals surface area contributed by atoms with E-state index in [1.54, 1.807) is 13.0 Å². The van der Waals surface area contributed by atoms with Crippen LogP contribution in [0.4, 0.5) is 5.69 Å². The van der Waals surface area contributed by atoms with E-state index in [4.69, 9.17) is 0 Å². The number of aromatic amines is 1. The summed E-state index contributed by atoms with van der Waals surface area (Å²) in [6.07, 6.45) is 5.35. The molecule has 0 aliphatic heterocycles. The maximum atomic E-state index is 13.5. The molecule has 1 unspecified atom stereocenters. The normalized spacial score (nSPS) is 19.5. The van der Waals surface area contributed by atoms with Gasteiger partial charge in [-0.15, -0.1) is 0 Å². The maximum Gasteiger partial charge on any atom is 0.270 e. The molecule has 4 rings (SSSR count). The first-order valence-corrected chi connectivity index (χ1v) is 12.7. The molecule has 9 nitrogen and oxygen atoms in total. The molecular formula is C27H36N6O3. The van der Waals surface area contributed by atoms with Crippen LogP contribution in [0.5, 0.6) is 0 Å². The van der Waals surface area contributed by atoms with Crippen LogP contribution in [0, 0.1) is 25.7 Å². The minimum absolute atomic E-state index is 0.0484. The summed E-state index contributed by atoms with van der Waals surface area (Å²) in [6.45, 7) is 7.81. The van der Waals surface area contributed by atoms with Crippen LogP contribution < -0.4 is 10.6 Å². The Labute approximate surface area is 211 Å². The largest absolute Gasteiger partial charge is 0.394 e. The average Bonchev–Trinajstić information content (AvgIpc) is 3.50. The highest BCUT2D eigenvalue weighted by molar-refractivity contribution is 6.00. The number of nitrogens with one attached hydrogen (secondary N) is 3. The minimum Gasteiger partial charge on any atom is -0.394 e. The molecule has 1 aliphatic carbocycles. The van der Waals surface area contributed by atoms with Gasteiger partial charge in [-0.1, -0.05) is 31.9 Å². The number of aliphatic hydroxyl groups excluding tert-OH is 1. The Bertz CT molecular complexity index is 1170. The highest BCUT2D eigenvalue weighted by Gasteiger charge is 2.33. The van der Waals surface area contributed by atoms with Crippen molar-refractivity contribution in [2.75, 3.05) is 11.9 Å². The van der Waals surface area contributed by atoms with Gasteiger partial charge in [0.2, 0.25) is 5.91 Å². The van der Waals surface area contributed by atoms with Gasteiger partial charge in [-0.25, -0.2) is 0 Å². The summed E-state index contributed by atoms with van der Waals surface area (Å²) in [5.41, 5.74) is 5.00. The Balaban J connectivity index is 1.52. The molecule has 4 N–H and O–H groups in total. The van der Waals surface area contributed by atoms with E-state index in [1.165, 1.54) is 10.9 Å². The molecule has 1 aromatic carbocycles. The standard InChI is InChI=1S/C27H36N6O3/c1-16-5-7-21(8-6-16)25(30-26(35)23-13-14-28-33(23)17(2)15-34)27(36)29-22-11-9-20(10-12-22)24-18(3)31-32-19(24)4/h9-14,16-17,21,25,34H,5-8,15H2,1-4H3,(H,29,36)(H,30,35)(H,31,32)/t16-,17?,21-,25-/m0/s1. The van der Waals surface area contributed by atoms with E-state index in [1.807, 2.05) is 38.1 Å². The van der Waals surface area contributed by atoms with E-state index in [9.17, 15) is 14.7 Å². The van der Waals surface area contributed by atoms with Gasteiger partial charge in [-0.3, -0.25) is 19.4 Å². The predicted octanol–water partition coefficient (Wildman–Crippen LogP) is 4.01. The molecule has 2 heterocycles. The third kappa shape index (κ3) is 5.51. The van der Waals surface area contributed by atoms with Gasteiger partial charge in [0.05, 0.1) is 18.3 Å². The van der Waals surface area contributed by atoms with Gasteiger partial charge in [-0.05, 0) is 69.2 Å². The Kier molecular flexibility index (Phi) is 7.88. The zero-order valence-electron chi connectivity index (χ0n) is 21.4. The summed E-state index contributed by atoms with van der Waals surface area (Å²) in [6, 6.07) is 8.27. The monoisotopic (exact) mass is 492 g/mol. The van der Waals surface area contributed by atoms with Crippen molar-refractivity contribution in [3.63, 3.8) is 0 Å². The highest BCUT2D eigenvalue weighted by atomic mass is 16.3. The van der Waals surface area contributed by atoms with Gasteiger partial charge in [0.1, 0.15) is 11.7 Å². The van der Waals surface area contributed by atoms with Crippen LogP contribution in [-0.4, -0.2) is 49.5 Å². The molecule has 2 amide bonds. The number of carbonyl (C=O) groups is 2. The topological polar surface area (TPSA) is 125 Å². The number of hydrogen-bond acceptors (Lipinski definition) is 5. The van der Waals surface area contributed by atoms with E-state index < -0.39 is 6.04 Å². The second kappa shape index (κ2) is 11.1. The zero-order valence-corrected chi connectivity index (χ0v) is 21.4. The lowest BCUT2D eigenvalue weighted by Gasteiger charge is -2.32. The molecule has 9 heteroatoms.